The zero-order chi connectivity index (χ0) is 2.71. The van der Waals surface area contributed by atoms with Crippen LogP contribution in [0.4, 0.5) is 0 Å². The Labute approximate surface area is 40.8 Å². The second kappa shape index (κ2) is 10.8. The smallest absolute Gasteiger partial charge is 0 e. The molecule has 0 fully saturated rings. The van der Waals surface area contributed by atoms with Crippen molar-refractivity contribution < 1.29 is 0 Å². The molecule has 4 heavy (non-hydrogen) atoms. The predicted octanol–water partition coefficient (Wildman–Crippen LogP) is 0.860. The molecule has 0 saturated heterocycles. The SMILES string of the molecule is N#C[S-].[Br]. The third-order valence-corrected chi connectivity index (χ3v) is 0. The maximum Gasteiger partial charge on any atom is 0 e. The molecule has 0 bridgehead atoms. The van der Waals surface area contributed by atoms with E-state index in [0.717, 1.165) is 0 Å². The standard InChI is InChI=1S/CHNS.Br/c2-1-3;/h3H;/p-1. The molecule has 0 rings (SSSR count). The highest BCUT2D eigenvalue weighted by Crippen LogP contribution is 1.16. The van der Waals surface area contributed by atoms with Gasteiger partial charge in [-0.25, -0.2) is 5.26 Å². The van der Waals surface area contributed by atoms with Crippen LogP contribution >= 0.6 is 17.0 Å². The van der Waals surface area contributed by atoms with Crippen molar-refractivity contribution in [3.8, 4) is 5.40 Å². The van der Waals surface area contributed by atoms with E-state index in [1.54, 1.807) is 0 Å². The molecular weight excluding hydrogens is 138 g/mol. The Morgan fingerprint density at radius 2 is 1.75 bits per heavy atom. The van der Waals surface area contributed by atoms with Crippen molar-refractivity contribution in [3.05, 3.63) is 0 Å². The molecule has 0 aromatic rings. The number of halogens is 1. The Balaban J connectivity index is 0. The number of nitriles is 1. The third kappa shape index (κ3) is 85.9. The topological polar surface area (TPSA) is 23.8 Å². The Hall–Kier alpha value is 0.190. The quantitative estimate of drug-likeness (QED) is 0.366. The lowest BCUT2D eigenvalue weighted by atomic mass is 11.8. The second-order valence-electron chi connectivity index (χ2n) is 0.0913. The van der Waals surface area contributed by atoms with E-state index in [2.05, 4.69) is 12.6 Å². The van der Waals surface area contributed by atoms with E-state index < -0.39 is 0 Å². The van der Waals surface area contributed by atoms with Crippen LogP contribution in [0, 0.1) is 10.7 Å². The fraction of sp³-hybridized carbons (Fsp3) is 0. The summed E-state index contributed by atoms with van der Waals surface area (Å²) in [5.74, 6) is 0. The van der Waals surface area contributed by atoms with Gasteiger partial charge in [0.25, 0.3) is 0 Å². The van der Waals surface area contributed by atoms with Crippen LogP contribution in [-0.2, 0) is 12.6 Å². The summed E-state index contributed by atoms with van der Waals surface area (Å²) in [4.78, 5) is 0. The Bertz CT molecular complexity index is 29.5. The molecule has 0 atom stereocenters. The van der Waals surface area contributed by atoms with Crippen LogP contribution in [0.1, 0.15) is 0 Å². The van der Waals surface area contributed by atoms with Gasteiger partial charge in [-0.3, -0.25) is 0 Å². The molecule has 0 aliphatic heterocycles. The average molecular weight is 138 g/mol. The van der Waals surface area contributed by atoms with E-state index in [-0.39, 0.29) is 17.0 Å². The molecule has 0 heterocycles. The Morgan fingerprint density at radius 3 is 1.75 bits per heavy atom. The lowest BCUT2D eigenvalue weighted by Crippen LogP contribution is -1.15. The average Bonchev–Trinajstić information content (AvgIpc) is 0.918. The van der Waals surface area contributed by atoms with E-state index >= 15 is 0 Å². The van der Waals surface area contributed by atoms with Gasteiger partial charge >= 0.3 is 0 Å². The van der Waals surface area contributed by atoms with Gasteiger partial charge in [0.15, 0.2) is 0 Å². The molecule has 0 aliphatic carbocycles. The number of rotatable bonds is 0. The van der Waals surface area contributed by atoms with Gasteiger partial charge in [0, 0.05) is 17.0 Å². The number of hydrogen-bond donors (Lipinski definition) is 0. The van der Waals surface area contributed by atoms with E-state index in [1.807, 2.05) is 0 Å². The van der Waals surface area contributed by atoms with Crippen LogP contribution in [0.5, 0.6) is 0 Å². The van der Waals surface area contributed by atoms with Gasteiger partial charge in [0.2, 0.25) is 0 Å². The van der Waals surface area contributed by atoms with Crippen LogP contribution in [0.25, 0.3) is 0 Å². The zero-order valence-electron chi connectivity index (χ0n) is 1.73. The van der Waals surface area contributed by atoms with Crippen LogP contribution in [0.3, 0.4) is 0 Å². The largest absolute Gasteiger partial charge is 0.696 e. The Kier molecular flexibility index (Phi) is 24.0. The van der Waals surface area contributed by atoms with Crippen LogP contribution in [0.2, 0.25) is 0 Å². The van der Waals surface area contributed by atoms with Crippen LogP contribution in [-0.4, -0.2) is 0 Å². The van der Waals surface area contributed by atoms with E-state index in [1.165, 1.54) is 5.40 Å². The summed E-state index contributed by atoms with van der Waals surface area (Å²) >= 11 is 3.70. The first-order valence-corrected chi connectivity index (χ1v) is 0.836. The van der Waals surface area contributed by atoms with E-state index in [4.69, 9.17) is 5.26 Å². The first-order valence-electron chi connectivity index (χ1n) is 0.428. The first-order chi connectivity index (χ1) is 1.41. The third-order valence-electron chi connectivity index (χ3n) is 0. The van der Waals surface area contributed by atoms with E-state index in [0.29, 0.717) is 0 Å². The molecule has 0 aliphatic rings. The first kappa shape index (κ1) is 8.89. The van der Waals surface area contributed by atoms with Gasteiger partial charge in [0.05, 0.1) is 0 Å². The van der Waals surface area contributed by atoms with Gasteiger partial charge in [0.1, 0.15) is 0 Å². The highest BCUT2D eigenvalue weighted by atomic mass is 79.9. The number of hydrogen-bond acceptors (Lipinski definition) is 2. The minimum absolute atomic E-state index is 0. The molecule has 0 aromatic heterocycles. The summed E-state index contributed by atoms with van der Waals surface area (Å²) in [5, 5.41) is 8.47. The fourth-order valence-corrected chi connectivity index (χ4v) is 0. The molecule has 0 amide bonds. The highest BCUT2D eigenvalue weighted by Gasteiger charge is 0.867. The van der Waals surface area contributed by atoms with Crippen LogP contribution in [0.15, 0.2) is 0 Å². The van der Waals surface area contributed by atoms with Crippen molar-refractivity contribution in [1.29, 1.82) is 5.26 Å². The van der Waals surface area contributed by atoms with Gasteiger partial charge < -0.3 is 12.6 Å². The molecule has 1 nitrogen and oxygen atoms in total. The van der Waals surface area contributed by atoms with Crippen molar-refractivity contribution in [2.24, 2.45) is 0 Å². The second-order valence-corrected chi connectivity index (χ2v) is 0.274. The zero-order valence-corrected chi connectivity index (χ0v) is 4.14. The van der Waals surface area contributed by atoms with Crippen LogP contribution < -0.4 is 0 Å². The van der Waals surface area contributed by atoms with Crippen molar-refractivity contribution >= 4 is 29.6 Å². The summed E-state index contributed by atoms with van der Waals surface area (Å²) in [5.41, 5.74) is 0. The lowest BCUT2D eigenvalue weighted by Gasteiger charge is -1.53. The summed E-state index contributed by atoms with van der Waals surface area (Å²) in [6.45, 7) is 0. The normalized spacial score (nSPS) is 1.75. The van der Waals surface area contributed by atoms with Crippen molar-refractivity contribution in [1.82, 2.24) is 0 Å². The van der Waals surface area contributed by atoms with Gasteiger partial charge in [-0.15, -0.1) is 0 Å². The maximum atomic E-state index is 7.13. The lowest BCUT2D eigenvalue weighted by molar-refractivity contribution is 1.57. The fourth-order valence-electron chi connectivity index (χ4n) is 0. The van der Waals surface area contributed by atoms with Crippen molar-refractivity contribution in [2.75, 3.05) is 0 Å². The molecule has 0 spiro atoms. The van der Waals surface area contributed by atoms with Gasteiger partial charge in [-0.05, 0) is 0 Å². The highest BCUT2D eigenvalue weighted by molar-refractivity contribution is 8.93. The number of nitrogens with zero attached hydrogens (tertiary/aromatic N) is 1. The summed E-state index contributed by atoms with van der Waals surface area (Å²) in [6, 6.07) is 0. The predicted molar refractivity (Wildman–Crippen MR) is 21.9 cm³/mol. The summed E-state index contributed by atoms with van der Waals surface area (Å²) in [7, 11) is 0. The summed E-state index contributed by atoms with van der Waals surface area (Å²) < 4.78 is 0. The summed E-state index contributed by atoms with van der Waals surface area (Å²) in [6.07, 6.45) is 0. The molecule has 0 unspecified atom stereocenters. The molecule has 23 valence electrons. The minimum atomic E-state index is 0. The number of thiocyanates is 1. The maximum absolute atomic E-state index is 7.13. The molecule has 3 heteroatoms. The van der Waals surface area contributed by atoms with Gasteiger partial charge in [-0.1, -0.05) is 5.40 Å². The van der Waals surface area contributed by atoms with Gasteiger partial charge in [-0.2, -0.15) is 0 Å². The molecule has 0 saturated carbocycles. The monoisotopic (exact) mass is 137 g/mol. The Morgan fingerprint density at radius 1 is 1.75 bits per heavy atom. The van der Waals surface area contributed by atoms with Crippen molar-refractivity contribution in [3.63, 3.8) is 0 Å². The molecule has 0 aromatic carbocycles. The molecular formula is CBrNS-. The minimum Gasteiger partial charge on any atom is -0.696 e. The van der Waals surface area contributed by atoms with Crippen molar-refractivity contribution in [2.45, 2.75) is 0 Å². The molecule has 0 N–H and O–H groups in total. The van der Waals surface area contributed by atoms with E-state index in [9.17, 15) is 0 Å². The molecule has 1 radical (unpaired) electrons.